The zero-order valence-corrected chi connectivity index (χ0v) is 19.4. The lowest BCUT2D eigenvalue weighted by atomic mass is 9.51. The lowest BCUT2D eigenvalue weighted by Crippen LogP contribution is -2.46. The highest BCUT2D eigenvalue weighted by molar-refractivity contribution is 5.65. The van der Waals surface area contributed by atoms with Crippen molar-refractivity contribution < 1.29 is 5.11 Å². The molecule has 1 nitrogen and oxygen atoms in total. The lowest BCUT2D eigenvalue weighted by molar-refractivity contribution is 0.124. The monoisotopic (exact) mass is 370 g/mol. The van der Waals surface area contributed by atoms with E-state index in [1.165, 1.54) is 25.7 Å². The first-order valence-electron chi connectivity index (χ1n) is 11.0. The van der Waals surface area contributed by atoms with Crippen LogP contribution in [0.3, 0.4) is 0 Å². The van der Waals surface area contributed by atoms with Gasteiger partial charge in [-0.15, -0.1) is 0 Å². The molecule has 0 aliphatic heterocycles. The smallest absolute Gasteiger partial charge is 0.0431 e. The highest BCUT2D eigenvalue weighted by atomic mass is 16.2. The second kappa shape index (κ2) is 6.34. The molecule has 27 heavy (non-hydrogen) atoms. The van der Waals surface area contributed by atoms with Gasteiger partial charge in [-0.1, -0.05) is 48.5 Å². The fourth-order valence-electron chi connectivity index (χ4n) is 7.31. The standard InChI is InChI=1S/C26H42O/c1-17-20-14-26(9,16-24(5,6)15-23(3,4)11-10-12-27)22(20)18(2)19-13-25(7,8)21(17)19/h27H,10-16H2,1-9H3. The van der Waals surface area contributed by atoms with Crippen LogP contribution in [0, 0.1) is 24.7 Å². The van der Waals surface area contributed by atoms with Crippen molar-refractivity contribution >= 4 is 0 Å². The first-order valence-corrected chi connectivity index (χ1v) is 11.0. The van der Waals surface area contributed by atoms with Crippen LogP contribution in [0.2, 0.25) is 0 Å². The average molecular weight is 371 g/mol. The molecule has 0 heterocycles. The minimum absolute atomic E-state index is 0.296. The predicted molar refractivity (Wildman–Crippen MR) is 117 cm³/mol. The fourth-order valence-corrected chi connectivity index (χ4v) is 7.31. The molecule has 152 valence electrons. The predicted octanol–water partition coefficient (Wildman–Crippen LogP) is 6.56. The minimum atomic E-state index is 0.296. The Labute approximate surface area is 168 Å². The number of benzene rings is 1. The number of aliphatic hydroxyl groups excluding tert-OH is 1. The molecule has 1 aromatic carbocycles. The second-order valence-corrected chi connectivity index (χ2v) is 12.3. The molecule has 0 amide bonds. The van der Waals surface area contributed by atoms with Gasteiger partial charge < -0.3 is 5.11 Å². The van der Waals surface area contributed by atoms with Gasteiger partial charge in [-0.3, -0.25) is 0 Å². The van der Waals surface area contributed by atoms with Gasteiger partial charge >= 0.3 is 0 Å². The Kier molecular flexibility index (Phi) is 4.91. The molecule has 0 bridgehead atoms. The molecule has 0 radical (unpaired) electrons. The summed E-state index contributed by atoms with van der Waals surface area (Å²) in [4.78, 5) is 0. The van der Waals surface area contributed by atoms with Gasteiger partial charge in [0, 0.05) is 6.61 Å². The molecule has 1 unspecified atom stereocenters. The Bertz CT molecular complexity index is 733. The highest BCUT2D eigenvalue weighted by Crippen LogP contribution is 2.57. The van der Waals surface area contributed by atoms with Crippen LogP contribution in [-0.2, 0) is 23.7 Å². The molecule has 2 aliphatic rings. The number of aliphatic hydroxyl groups is 1. The summed E-state index contributed by atoms with van der Waals surface area (Å²) in [5.74, 6) is 0. The van der Waals surface area contributed by atoms with Crippen molar-refractivity contribution in [1.29, 1.82) is 0 Å². The van der Waals surface area contributed by atoms with Crippen molar-refractivity contribution in [3.8, 4) is 0 Å². The summed E-state index contributed by atoms with van der Waals surface area (Å²) in [6, 6.07) is 0. The molecule has 2 aliphatic carbocycles. The Morgan fingerprint density at radius 3 is 1.96 bits per heavy atom. The summed E-state index contributed by atoms with van der Waals surface area (Å²) < 4.78 is 0. The van der Waals surface area contributed by atoms with Crippen LogP contribution in [0.4, 0.5) is 0 Å². The summed E-state index contributed by atoms with van der Waals surface area (Å²) in [6.45, 7) is 22.1. The third-order valence-electron chi connectivity index (χ3n) is 7.56. The highest BCUT2D eigenvalue weighted by Gasteiger charge is 2.49. The quantitative estimate of drug-likeness (QED) is 0.576. The maximum absolute atomic E-state index is 9.22. The third-order valence-corrected chi connectivity index (χ3v) is 7.56. The topological polar surface area (TPSA) is 20.2 Å². The van der Waals surface area contributed by atoms with Crippen LogP contribution < -0.4 is 0 Å². The first kappa shape index (κ1) is 20.9. The van der Waals surface area contributed by atoms with E-state index in [0.717, 1.165) is 12.8 Å². The van der Waals surface area contributed by atoms with Crippen molar-refractivity contribution in [2.45, 2.75) is 112 Å². The van der Waals surface area contributed by atoms with Gasteiger partial charge in [0.2, 0.25) is 0 Å². The molecule has 1 atom stereocenters. The molecular weight excluding hydrogens is 328 g/mol. The van der Waals surface area contributed by atoms with Gasteiger partial charge in [0.15, 0.2) is 0 Å². The van der Waals surface area contributed by atoms with E-state index in [9.17, 15) is 5.11 Å². The van der Waals surface area contributed by atoms with Crippen molar-refractivity contribution in [2.75, 3.05) is 6.61 Å². The van der Waals surface area contributed by atoms with Crippen LogP contribution in [-0.4, -0.2) is 11.7 Å². The fraction of sp³-hybridized carbons (Fsp3) is 0.769. The average Bonchev–Trinajstić information content (AvgIpc) is 2.45. The van der Waals surface area contributed by atoms with E-state index in [1.807, 2.05) is 0 Å². The van der Waals surface area contributed by atoms with Crippen LogP contribution in [0.1, 0.15) is 108 Å². The van der Waals surface area contributed by atoms with E-state index in [-0.39, 0.29) is 0 Å². The molecule has 3 rings (SSSR count). The molecular formula is C26H42O. The lowest BCUT2D eigenvalue weighted by Gasteiger charge is -2.53. The van der Waals surface area contributed by atoms with Gasteiger partial charge in [-0.2, -0.15) is 0 Å². The summed E-state index contributed by atoms with van der Waals surface area (Å²) in [5, 5.41) is 9.22. The summed E-state index contributed by atoms with van der Waals surface area (Å²) in [7, 11) is 0. The van der Waals surface area contributed by atoms with Crippen molar-refractivity contribution in [1.82, 2.24) is 0 Å². The molecule has 0 spiro atoms. The molecule has 0 saturated carbocycles. The maximum atomic E-state index is 9.22. The molecule has 1 N–H and O–H groups in total. The van der Waals surface area contributed by atoms with Gasteiger partial charge in [-0.05, 0) is 107 Å². The van der Waals surface area contributed by atoms with Crippen LogP contribution in [0.5, 0.6) is 0 Å². The van der Waals surface area contributed by atoms with Crippen molar-refractivity contribution in [3.63, 3.8) is 0 Å². The van der Waals surface area contributed by atoms with Gasteiger partial charge in [-0.25, -0.2) is 0 Å². The zero-order chi connectivity index (χ0) is 20.4. The van der Waals surface area contributed by atoms with Gasteiger partial charge in [0.1, 0.15) is 0 Å². The number of hydrogen-bond donors (Lipinski definition) is 1. The summed E-state index contributed by atoms with van der Waals surface area (Å²) >= 11 is 0. The molecule has 1 heteroatoms. The van der Waals surface area contributed by atoms with E-state index in [1.54, 1.807) is 33.4 Å². The van der Waals surface area contributed by atoms with Crippen molar-refractivity contribution in [3.05, 3.63) is 33.4 Å². The van der Waals surface area contributed by atoms with Crippen LogP contribution in [0.15, 0.2) is 0 Å². The number of rotatable bonds is 7. The largest absolute Gasteiger partial charge is 0.396 e. The molecule has 1 aromatic rings. The normalized spacial score (nSPS) is 23.3. The summed E-state index contributed by atoms with van der Waals surface area (Å²) in [5.41, 5.74) is 11.2. The second-order valence-electron chi connectivity index (χ2n) is 12.3. The van der Waals surface area contributed by atoms with E-state index in [4.69, 9.17) is 0 Å². The Morgan fingerprint density at radius 2 is 1.41 bits per heavy atom. The maximum Gasteiger partial charge on any atom is 0.0431 e. The van der Waals surface area contributed by atoms with E-state index in [0.29, 0.717) is 28.3 Å². The number of fused-ring (bicyclic) bond motifs is 2. The number of hydrogen-bond acceptors (Lipinski definition) is 1. The Balaban J connectivity index is 1.84. The van der Waals surface area contributed by atoms with E-state index >= 15 is 0 Å². The molecule has 0 saturated heterocycles. The molecule has 0 aromatic heterocycles. The van der Waals surface area contributed by atoms with E-state index in [2.05, 4.69) is 62.3 Å². The van der Waals surface area contributed by atoms with Crippen LogP contribution in [0.25, 0.3) is 0 Å². The summed E-state index contributed by atoms with van der Waals surface area (Å²) in [6.07, 6.45) is 7.01. The van der Waals surface area contributed by atoms with Crippen LogP contribution >= 0.6 is 0 Å². The van der Waals surface area contributed by atoms with E-state index < -0.39 is 0 Å². The van der Waals surface area contributed by atoms with Crippen molar-refractivity contribution in [2.24, 2.45) is 10.8 Å². The Morgan fingerprint density at radius 1 is 0.852 bits per heavy atom. The first-order chi connectivity index (χ1) is 12.2. The molecule has 0 fully saturated rings. The zero-order valence-electron chi connectivity index (χ0n) is 19.4. The SMILES string of the molecule is Cc1c2c(c(C)c3c1C(C)(C)C3)C(C)(CC(C)(C)CC(C)(C)CCCO)C2. The van der Waals surface area contributed by atoms with Gasteiger partial charge in [0.25, 0.3) is 0 Å². The Hall–Kier alpha value is -0.820. The van der Waals surface area contributed by atoms with Gasteiger partial charge in [0.05, 0.1) is 0 Å². The minimum Gasteiger partial charge on any atom is -0.396 e. The third kappa shape index (κ3) is 3.50.